The number of hydrogen-bond donors (Lipinski definition) is 0. The van der Waals surface area contributed by atoms with Gasteiger partial charge in [0.2, 0.25) is 0 Å². The van der Waals surface area contributed by atoms with Gasteiger partial charge in [0, 0.05) is 5.33 Å². The standard InChI is InChI=1S/C7H7BrO3/c1-10-6-4-7(9)11-5(6)2-3-8/h2,4H,3H2,1H3. The summed E-state index contributed by atoms with van der Waals surface area (Å²) in [6, 6.07) is 0. The third kappa shape index (κ3) is 1.83. The van der Waals surface area contributed by atoms with Gasteiger partial charge in [-0.1, -0.05) is 15.9 Å². The summed E-state index contributed by atoms with van der Waals surface area (Å²) in [5, 5.41) is 0.635. The minimum absolute atomic E-state index is 0.381. The topological polar surface area (TPSA) is 35.5 Å². The summed E-state index contributed by atoms with van der Waals surface area (Å²) in [6.45, 7) is 0. The first-order valence-electron chi connectivity index (χ1n) is 3.02. The van der Waals surface area contributed by atoms with Gasteiger partial charge in [0.1, 0.15) is 0 Å². The fraction of sp³-hybridized carbons (Fsp3) is 0.286. The molecular weight excluding hydrogens is 212 g/mol. The molecule has 3 nitrogen and oxygen atoms in total. The SMILES string of the molecule is COC1=CC(=O)OC1=CCBr. The lowest BCUT2D eigenvalue weighted by Crippen LogP contribution is -1.92. The zero-order valence-electron chi connectivity index (χ0n) is 5.96. The Balaban J connectivity index is 2.79. The fourth-order valence-corrected chi connectivity index (χ4v) is 1.03. The summed E-state index contributed by atoms with van der Waals surface area (Å²) >= 11 is 3.19. The molecule has 0 aromatic carbocycles. The van der Waals surface area contributed by atoms with Gasteiger partial charge in [-0.15, -0.1) is 0 Å². The number of alkyl halides is 1. The van der Waals surface area contributed by atoms with E-state index in [1.807, 2.05) is 0 Å². The molecule has 0 radical (unpaired) electrons. The van der Waals surface area contributed by atoms with E-state index in [9.17, 15) is 4.79 Å². The molecule has 1 rings (SSSR count). The molecule has 0 saturated carbocycles. The average Bonchev–Trinajstić information content (AvgIpc) is 2.32. The second kappa shape index (κ2) is 3.57. The van der Waals surface area contributed by atoms with Crippen molar-refractivity contribution in [1.82, 2.24) is 0 Å². The van der Waals surface area contributed by atoms with Crippen LogP contribution in [0.1, 0.15) is 0 Å². The van der Waals surface area contributed by atoms with E-state index in [1.165, 1.54) is 13.2 Å². The van der Waals surface area contributed by atoms with Crippen LogP contribution in [-0.2, 0) is 14.3 Å². The Hall–Kier alpha value is -0.770. The predicted molar refractivity (Wildman–Crippen MR) is 43.1 cm³/mol. The largest absolute Gasteiger partial charge is 0.493 e. The number of methoxy groups -OCH3 is 1. The summed E-state index contributed by atoms with van der Waals surface area (Å²) in [6.07, 6.45) is 3.04. The summed E-state index contributed by atoms with van der Waals surface area (Å²) in [5.74, 6) is 0.581. The molecule has 1 aliphatic rings. The van der Waals surface area contributed by atoms with Crippen molar-refractivity contribution >= 4 is 21.9 Å². The highest BCUT2D eigenvalue weighted by atomic mass is 79.9. The third-order valence-corrected chi connectivity index (χ3v) is 1.51. The average molecular weight is 219 g/mol. The van der Waals surface area contributed by atoms with E-state index in [1.54, 1.807) is 6.08 Å². The lowest BCUT2D eigenvalue weighted by atomic mass is 10.4. The van der Waals surface area contributed by atoms with E-state index in [4.69, 9.17) is 9.47 Å². The summed E-state index contributed by atoms with van der Waals surface area (Å²) in [5.41, 5.74) is 0. The van der Waals surface area contributed by atoms with Crippen LogP contribution >= 0.6 is 15.9 Å². The number of carbonyl (C=O) groups excluding carboxylic acids is 1. The van der Waals surface area contributed by atoms with Crippen LogP contribution in [0.2, 0.25) is 0 Å². The van der Waals surface area contributed by atoms with Crippen molar-refractivity contribution < 1.29 is 14.3 Å². The van der Waals surface area contributed by atoms with Crippen LogP contribution in [0.15, 0.2) is 23.7 Å². The lowest BCUT2D eigenvalue weighted by Gasteiger charge is -2.00. The highest BCUT2D eigenvalue weighted by molar-refractivity contribution is 9.09. The van der Waals surface area contributed by atoms with Crippen molar-refractivity contribution in [2.24, 2.45) is 0 Å². The monoisotopic (exact) mass is 218 g/mol. The van der Waals surface area contributed by atoms with E-state index in [2.05, 4.69) is 15.9 Å². The Morgan fingerprint density at radius 3 is 3.09 bits per heavy atom. The van der Waals surface area contributed by atoms with Gasteiger partial charge in [-0.05, 0) is 6.08 Å². The lowest BCUT2D eigenvalue weighted by molar-refractivity contribution is -0.132. The molecule has 11 heavy (non-hydrogen) atoms. The predicted octanol–water partition coefficient (Wildman–Crippen LogP) is 1.35. The minimum atomic E-state index is -0.381. The molecule has 0 bridgehead atoms. The fourth-order valence-electron chi connectivity index (χ4n) is 0.738. The number of halogens is 1. The Bertz CT molecular complexity index is 230. The molecule has 0 unspecified atom stereocenters. The Labute approximate surface area is 72.8 Å². The normalized spacial score (nSPS) is 20.0. The number of carbonyl (C=O) groups is 1. The van der Waals surface area contributed by atoms with Gasteiger partial charge >= 0.3 is 5.97 Å². The number of hydrogen-bond acceptors (Lipinski definition) is 3. The van der Waals surface area contributed by atoms with Crippen molar-refractivity contribution in [3.63, 3.8) is 0 Å². The maximum absolute atomic E-state index is 10.7. The highest BCUT2D eigenvalue weighted by Gasteiger charge is 2.19. The van der Waals surface area contributed by atoms with Crippen molar-refractivity contribution in [2.45, 2.75) is 0 Å². The van der Waals surface area contributed by atoms with Gasteiger partial charge in [-0.3, -0.25) is 0 Å². The van der Waals surface area contributed by atoms with Crippen molar-refractivity contribution in [1.29, 1.82) is 0 Å². The summed E-state index contributed by atoms with van der Waals surface area (Å²) in [4.78, 5) is 10.7. The van der Waals surface area contributed by atoms with Gasteiger partial charge in [0.05, 0.1) is 13.2 Å². The molecule has 0 spiro atoms. The third-order valence-electron chi connectivity index (χ3n) is 1.18. The molecule has 0 aromatic rings. The minimum Gasteiger partial charge on any atom is -0.493 e. The zero-order valence-corrected chi connectivity index (χ0v) is 7.55. The van der Waals surface area contributed by atoms with Crippen LogP contribution in [-0.4, -0.2) is 18.4 Å². The molecule has 0 atom stereocenters. The van der Waals surface area contributed by atoms with Crippen LogP contribution in [0.5, 0.6) is 0 Å². The number of ether oxygens (including phenoxy) is 2. The van der Waals surface area contributed by atoms with Gasteiger partial charge in [0.25, 0.3) is 0 Å². The number of cyclic esters (lactones) is 1. The molecule has 0 N–H and O–H groups in total. The van der Waals surface area contributed by atoms with Gasteiger partial charge < -0.3 is 9.47 Å². The number of allylic oxidation sites excluding steroid dienone is 1. The molecular formula is C7H7BrO3. The maximum Gasteiger partial charge on any atom is 0.340 e. The molecule has 0 aromatic heterocycles. The molecule has 1 aliphatic heterocycles. The second-order valence-electron chi connectivity index (χ2n) is 1.86. The maximum atomic E-state index is 10.7. The van der Waals surface area contributed by atoms with Crippen molar-refractivity contribution in [2.75, 3.05) is 12.4 Å². The first-order valence-corrected chi connectivity index (χ1v) is 4.14. The first-order chi connectivity index (χ1) is 5.27. The smallest absolute Gasteiger partial charge is 0.340 e. The van der Waals surface area contributed by atoms with Gasteiger partial charge in [-0.25, -0.2) is 4.79 Å². The van der Waals surface area contributed by atoms with Crippen LogP contribution in [0.4, 0.5) is 0 Å². The number of rotatable bonds is 2. The molecule has 0 amide bonds. The molecule has 4 heteroatoms. The summed E-state index contributed by atoms with van der Waals surface area (Å²) < 4.78 is 9.65. The summed E-state index contributed by atoms with van der Waals surface area (Å²) in [7, 11) is 1.50. The van der Waals surface area contributed by atoms with Gasteiger partial charge in [-0.2, -0.15) is 0 Å². The first kappa shape index (κ1) is 8.33. The van der Waals surface area contributed by atoms with Crippen molar-refractivity contribution in [3.8, 4) is 0 Å². The molecule has 0 saturated heterocycles. The Morgan fingerprint density at radius 1 is 1.82 bits per heavy atom. The van der Waals surface area contributed by atoms with E-state index in [-0.39, 0.29) is 5.97 Å². The Morgan fingerprint density at radius 2 is 2.55 bits per heavy atom. The van der Waals surface area contributed by atoms with Crippen molar-refractivity contribution in [3.05, 3.63) is 23.7 Å². The van der Waals surface area contributed by atoms with E-state index in [0.717, 1.165) is 0 Å². The van der Waals surface area contributed by atoms with Crippen LogP contribution in [0.25, 0.3) is 0 Å². The van der Waals surface area contributed by atoms with E-state index < -0.39 is 0 Å². The van der Waals surface area contributed by atoms with Crippen LogP contribution < -0.4 is 0 Å². The highest BCUT2D eigenvalue weighted by Crippen LogP contribution is 2.19. The second-order valence-corrected chi connectivity index (χ2v) is 2.50. The molecule has 60 valence electrons. The van der Waals surface area contributed by atoms with Crippen LogP contribution in [0, 0.1) is 0 Å². The Kier molecular flexibility index (Phi) is 2.70. The molecule has 0 fully saturated rings. The molecule has 0 aliphatic carbocycles. The van der Waals surface area contributed by atoms with Crippen LogP contribution in [0.3, 0.4) is 0 Å². The van der Waals surface area contributed by atoms with E-state index in [0.29, 0.717) is 16.8 Å². The zero-order chi connectivity index (χ0) is 8.27. The van der Waals surface area contributed by atoms with E-state index >= 15 is 0 Å². The number of esters is 1. The molecule has 1 heterocycles. The quantitative estimate of drug-likeness (QED) is 0.519. The van der Waals surface area contributed by atoms with Gasteiger partial charge in [0.15, 0.2) is 11.5 Å².